The Bertz CT molecular complexity index is 488. The number of halogens is 1. The number of thiol groups is 1. The van der Waals surface area contributed by atoms with Crippen molar-refractivity contribution in [3.05, 3.63) is 28.4 Å². The molecule has 1 aromatic heterocycles. The van der Waals surface area contributed by atoms with Crippen LogP contribution in [0.4, 0.5) is 0 Å². The lowest BCUT2D eigenvalue weighted by atomic mass is 10.0. The van der Waals surface area contributed by atoms with Crippen LogP contribution in [0.1, 0.15) is 19.4 Å². The van der Waals surface area contributed by atoms with E-state index in [9.17, 15) is 0 Å². The van der Waals surface area contributed by atoms with Gasteiger partial charge in [0, 0.05) is 9.86 Å². The Morgan fingerprint density at radius 2 is 2.13 bits per heavy atom. The number of hydrogen-bond acceptors (Lipinski definition) is 2. The summed E-state index contributed by atoms with van der Waals surface area (Å²) in [5, 5.41) is 1.18. The van der Waals surface area contributed by atoms with Gasteiger partial charge in [0.05, 0.1) is 11.2 Å². The number of furan rings is 1. The van der Waals surface area contributed by atoms with Gasteiger partial charge in [-0.2, -0.15) is 0 Å². The quantitative estimate of drug-likeness (QED) is 0.790. The summed E-state index contributed by atoms with van der Waals surface area (Å²) in [5.41, 5.74) is 2.14. The molecule has 15 heavy (non-hydrogen) atoms. The van der Waals surface area contributed by atoms with Gasteiger partial charge in [-0.05, 0) is 46.0 Å². The van der Waals surface area contributed by atoms with Gasteiger partial charge in [-0.1, -0.05) is 13.8 Å². The SMILES string of the molecule is CC(C)Cc1coc2c(S)c(Br)ccc12. The molecule has 2 rings (SSSR count). The summed E-state index contributed by atoms with van der Waals surface area (Å²) in [7, 11) is 0. The molecule has 0 N–H and O–H groups in total. The molecule has 0 spiro atoms. The summed E-state index contributed by atoms with van der Waals surface area (Å²) >= 11 is 7.87. The van der Waals surface area contributed by atoms with E-state index in [1.54, 1.807) is 0 Å². The largest absolute Gasteiger partial charge is 0.463 e. The molecule has 2 aromatic rings. The van der Waals surface area contributed by atoms with Crippen molar-refractivity contribution in [2.45, 2.75) is 25.2 Å². The lowest BCUT2D eigenvalue weighted by molar-refractivity contribution is 0.589. The van der Waals surface area contributed by atoms with Crippen molar-refractivity contribution in [1.82, 2.24) is 0 Å². The van der Waals surface area contributed by atoms with Gasteiger partial charge >= 0.3 is 0 Å². The maximum atomic E-state index is 5.56. The molecule has 1 nitrogen and oxygen atoms in total. The highest BCUT2D eigenvalue weighted by molar-refractivity contribution is 9.10. The van der Waals surface area contributed by atoms with E-state index in [0.717, 1.165) is 21.4 Å². The third kappa shape index (κ3) is 2.08. The highest BCUT2D eigenvalue weighted by Crippen LogP contribution is 2.33. The van der Waals surface area contributed by atoms with Gasteiger partial charge in [0.15, 0.2) is 0 Å². The van der Waals surface area contributed by atoms with Crippen molar-refractivity contribution in [2.75, 3.05) is 0 Å². The van der Waals surface area contributed by atoms with E-state index in [4.69, 9.17) is 4.42 Å². The molecular weight excluding hydrogens is 272 g/mol. The maximum absolute atomic E-state index is 5.56. The van der Waals surface area contributed by atoms with Crippen molar-refractivity contribution < 1.29 is 4.42 Å². The van der Waals surface area contributed by atoms with Crippen molar-refractivity contribution in [2.24, 2.45) is 5.92 Å². The number of benzene rings is 1. The molecule has 0 saturated carbocycles. The number of rotatable bonds is 2. The molecule has 0 saturated heterocycles. The molecule has 0 amide bonds. The predicted octanol–water partition coefficient (Wildman–Crippen LogP) is 4.68. The standard InChI is InChI=1S/C12H13BrOS/c1-7(2)5-8-6-14-11-9(8)3-4-10(13)12(11)15/h3-4,6-7,15H,5H2,1-2H3. The monoisotopic (exact) mass is 284 g/mol. The van der Waals surface area contributed by atoms with Crippen LogP contribution < -0.4 is 0 Å². The van der Waals surface area contributed by atoms with Crippen LogP contribution in [0, 0.1) is 5.92 Å². The first kappa shape index (κ1) is 11.1. The van der Waals surface area contributed by atoms with Gasteiger partial charge in [0.2, 0.25) is 0 Å². The summed E-state index contributed by atoms with van der Waals surface area (Å²) in [6.07, 6.45) is 2.89. The van der Waals surface area contributed by atoms with Gasteiger partial charge in [0.25, 0.3) is 0 Å². The lowest BCUT2D eigenvalue weighted by Gasteiger charge is -2.02. The molecule has 0 aliphatic heterocycles. The zero-order valence-corrected chi connectivity index (χ0v) is 11.2. The molecular formula is C12H13BrOS. The van der Waals surface area contributed by atoms with E-state index < -0.39 is 0 Å². The molecule has 0 aliphatic rings. The zero-order valence-electron chi connectivity index (χ0n) is 8.75. The lowest BCUT2D eigenvalue weighted by Crippen LogP contribution is -1.92. The predicted molar refractivity (Wildman–Crippen MR) is 69.7 cm³/mol. The first-order chi connectivity index (χ1) is 7.09. The van der Waals surface area contributed by atoms with Gasteiger partial charge in [-0.15, -0.1) is 12.6 Å². The fraction of sp³-hybridized carbons (Fsp3) is 0.333. The first-order valence-corrected chi connectivity index (χ1v) is 6.21. The summed E-state index contributed by atoms with van der Waals surface area (Å²) in [5.74, 6) is 0.637. The van der Waals surface area contributed by atoms with Crippen LogP contribution in [-0.4, -0.2) is 0 Å². The summed E-state index contributed by atoms with van der Waals surface area (Å²) in [6, 6.07) is 4.10. The fourth-order valence-electron chi connectivity index (χ4n) is 1.71. The summed E-state index contributed by atoms with van der Waals surface area (Å²) < 4.78 is 6.53. The fourth-order valence-corrected chi connectivity index (χ4v) is 2.27. The van der Waals surface area contributed by atoms with Crippen LogP contribution in [0.25, 0.3) is 11.0 Å². The molecule has 0 radical (unpaired) electrons. The van der Waals surface area contributed by atoms with Crippen molar-refractivity contribution >= 4 is 39.5 Å². The van der Waals surface area contributed by atoms with E-state index in [1.807, 2.05) is 12.3 Å². The Morgan fingerprint density at radius 3 is 2.80 bits per heavy atom. The van der Waals surface area contributed by atoms with E-state index in [-0.39, 0.29) is 0 Å². The van der Waals surface area contributed by atoms with Crippen LogP contribution in [0.15, 0.2) is 32.2 Å². The minimum atomic E-state index is 0.637. The maximum Gasteiger partial charge on any atom is 0.148 e. The van der Waals surface area contributed by atoms with E-state index in [0.29, 0.717) is 5.92 Å². The minimum Gasteiger partial charge on any atom is -0.463 e. The summed E-state index contributed by atoms with van der Waals surface area (Å²) in [6.45, 7) is 4.42. The van der Waals surface area contributed by atoms with Crippen LogP contribution in [0.2, 0.25) is 0 Å². The Kier molecular flexibility index (Phi) is 3.12. The van der Waals surface area contributed by atoms with Crippen molar-refractivity contribution in [1.29, 1.82) is 0 Å². The molecule has 0 aliphatic carbocycles. The molecule has 0 fully saturated rings. The van der Waals surface area contributed by atoms with Gasteiger partial charge in [-0.3, -0.25) is 0 Å². The topological polar surface area (TPSA) is 13.1 Å². The van der Waals surface area contributed by atoms with E-state index in [2.05, 4.69) is 48.5 Å². The van der Waals surface area contributed by atoms with Gasteiger partial charge in [-0.25, -0.2) is 0 Å². The first-order valence-electron chi connectivity index (χ1n) is 4.97. The van der Waals surface area contributed by atoms with Crippen molar-refractivity contribution in [3.8, 4) is 0 Å². The Morgan fingerprint density at radius 1 is 1.40 bits per heavy atom. The highest BCUT2D eigenvalue weighted by atomic mass is 79.9. The third-order valence-electron chi connectivity index (χ3n) is 2.38. The zero-order chi connectivity index (χ0) is 11.0. The van der Waals surface area contributed by atoms with Crippen LogP contribution in [0.5, 0.6) is 0 Å². The molecule has 0 bridgehead atoms. The van der Waals surface area contributed by atoms with Crippen LogP contribution >= 0.6 is 28.6 Å². The van der Waals surface area contributed by atoms with Gasteiger partial charge < -0.3 is 4.42 Å². The smallest absolute Gasteiger partial charge is 0.148 e. The molecule has 80 valence electrons. The third-order valence-corrected chi connectivity index (χ3v) is 3.79. The van der Waals surface area contributed by atoms with Gasteiger partial charge in [0.1, 0.15) is 5.58 Å². The molecule has 3 heteroatoms. The van der Waals surface area contributed by atoms with Crippen LogP contribution in [0.3, 0.4) is 0 Å². The normalized spacial score (nSPS) is 11.5. The van der Waals surface area contributed by atoms with E-state index in [1.165, 1.54) is 10.9 Å². The molecule has 1 heterocycles. The van der Waals surface area contributed by atoms with Crippen LogP contribution in [-0.2, 0) is 6.42 Å². The average Bonchev–Trinajstić information content (AvgIpc) is 2.55. The highest BCUT2D eigenvalue weighted by Gasteiger charge is 2.11. The number of fused-ring (bicyclic) bond motifs is 1. The Labute approximate surface area is 103 Å². The Hall–Kier alpha value is -0.410. The second kappa shape index (κ2) is 4.22. The van der Waals surface area contributed by atoms with Crippen molar-refractivity contribution in [3.63, 3.8) is 0 Å². The molecule has 0 atom stereocenters. The molecule has 1 aromatic carbocycles. The Balaban J connectivity index is 2.57. The average molecular weight is 285 g/mol. The second-order valence-corrected chi connectivity index (χ2v) is 5.43. The van der Waals surface area contributed by atoms with E-state index >= 15 is 0 Å². The minimum absolute atomic E-state index is 0.637. The summed E-state index contributed by atoms with van der Waals surface area (Å²) in [4.78, 5) is 0.877. The second-order valence-electron chi connectivity index (χ2n) is 4.13. The number of hydrogen-bond donors (Lipinski definition) is 1. The molecule has 0 unspecified atom stereocenters.